The predicted octanol–water partition coefficient (Wildman–Crippen LogP) is 18.8. The van der Waals surface area contributed by atoms with Gasteiger partial charge in [0.15, 0.2) is 0 Å². The highest BCUT2D eigenvalue weighted by Gasteiger charge is 2.51. The van der Waals surface area contributed by atoms with E-state index in [2.05, 4.69) is 289 Å². The van der Waals surface area contributed by atoms with E-state index in [1.54, 1.807) is 0 Å². The Bertz CT molecular complexity index is 4270. The molecule has 1 aromatic heterocycles. The monoisotopic (exact) mass is 926 g/mol. The van der Waals surface area contributed by atoms with Crippen molar-refractivity contribution in [1.82, 2.24) is 4.57 Å². The predicted molar refractivity (Wildman–Crippen MR) is 306 cm³/mol. The van der Waals surface area contributed by atoms with Gasteiger partial charge in [-0.1, -0.05) is 212 Å². The maximum Gasteiger partial charge on any atom is 0.0726 e. The second-order valence-electron chi connectivity index (χ2n) is 19.5. The number of para-hydroxylation sites is 2. The van der Waals surface area contributed by atoms with Crippen LogP contribution in [0.25, 0.3) is 93.9 Å². The van der Waals surface area contributed by atoms with E-state index in [-0.39, 0.29) is 0 Å². The molecule has 2 nitrogen and oxygen atoms in total. The first kappa shape index (κ1) is 41.3. The Kier molecular flexibility index (Phi) is 9.21. The van der Waals surface area contributed by atoms with E-state index < -0.39 is 5.41 Å². The number of nitrogens with zero attached hydrogens (tertiary/aromatic N) is 2. The summed E-state index contributed by atoms with van der Waals surface area (Å²) in [5.41, 5.74) is 24.1. The van der Waals surface area contributed by atoms with Crippen molar-refractivity contribution in [2.24, 2.45) is 0 Å². The van der Waals surface area contributed by atoms with Crippen LogP contribution < -0.4 is 4.90 Å². The molecule has 340 valence electrons. The second-order valence-corrected chi connectivity index (χ2v) is 19.5. The Hall–Kier alpha value is -9.50. The fourth-order valence-electron chi connectivity index (χ4n) is 12.7. The molecule has 0 saturated heterocycles. The van der Waals surface area contributed by atoms with Crippen molar-refractivity contribution in [2.45, 2.75) is 5.41 Å². The number of benzene rings is 12. The van der Waals surface area contributed by atoms with Crippen molar-refractivity contribution in [1.29, 1.82) is 0 Å². The third kappa shape index (κ3) is 6.17. The number of anilines is 3. The van der Waals surface area contributed by atoms with Gasteiger partial charge in [-0.05, 0) is 150 Å². The molecule has 2 aliphatic rings. The summed E-state index contributed by atoms with van der Waals surface area (Å²) in [6.07, 6.45) is 0. The smallest absolute Gasteiger partial charge is 0.0726 e. The van der Waals surface area contributed by atoms with Gasteiger partial charge in [-0.15, -0.1) is 0 Å². The summed E-state index contributed by atoms with van der Waals surface area (Å²) in [7, 11) is 0. The quantitative estimate of drug-likeness (QED) is 0.155. The van der Waals surface area contributed by atoms with Gasteiger partial charge in [-0.3, -0.25) is 0 Å². The molecule has 0 atom stereocenters. The van der Waals surface area contributed by atoms with Crippen LogP contribution in [-0.4, -0.2) is 4.57 Å². The third-order valence-corrected chi connectivity index (χ3v) is 15.8. The molecular weight excluding hydrogens is 881 g/mol. The highest BCUT2D eigenvalue weighted by atomic mass is 15.1. The molecule has 73 heavy (non-hydrogen) atoms. The lowest BCUT2D eigenvalue weighted by atomic mass is 9.70. The maximum atomic E-state index is 2.51. The second kappa shape index (κ2) is 16.3. The summed E-state index contributed by atoms with van der Waals surface area (Å²) in [6, 6.07) is 103. The van der Waals surface area contributed by atoms with Gasteiger partial charge < -0.3 is 9.47 Å². The third-order valence-electron chi connectivity index (χ3n) is 15.8. The van der Waals surface area contributed by atoms with Gasteiger partial charge in [0.2, 0.25) is 0 Å². The van der Waals surface area contributed by atoms with E-state index >= 15 is 0 Å². The molecule has 13 aromatic rings. The average molecular weight is 927 g/mol. The Morgan fingerprint density at radius 1 is 0.260 bits per heavy atom. The lowest BCUT2D eigenvalue weighted by Gasteiger charge is -2.32. The Morgan fingerprint density at radius 2 is 0.753 bits per heavy atom. The Morgan fingerprint density at radius 3 is 1.45 bits per heavy atom. The van der Waals surface area contributed by atoms with Crippen LogP contribution in [0.2, 0.25) is 0 Å². The van der Waals surface area contributed by atoms with Gasteiger partial charge in [0.05, 0.1) is 22.1 Å². The van der Waals surface area contributed by atoms with Gasteiger partial charge >= 0.3 is 0 Å². The molecule has 0 amide bonds. The van der Waals surface area contributed by atoms with E-state index in [1.807, 2.05) is 0 Å². The average Bonchev–Trinajstić information content (AvgIpc) is 4.07. The number of hydrogen-bond acceptors (Lipinski definition) is 1. The van der Waals surface area contributed by atoms with Crippen LogP contribution in [0.4, 0.5) is 17.1 Å². The first-order chi connectivity index (χ1) is 36.2. The summed E-state index contributed by atoms with van der Waals surface area (Å²) in [5.74, 6) is 0. The van der Waals surface area contributed by atoms with Gasteiger partial charge in [-0.25, -0.2) is 0 Å². The van der Waals surface area contributed by atoms with E-state index in [0.717, 1.165) is 33.9 Å². The summed E-state index contributed by atoms with van der Waals surface area (Å²) < 4.78 is 2.38. The van der Waals surface area contributed by atoms with Crippen molar-refractivity contribution in [3.05, 3.63) is 301 Å². The zero-order valence-electron chi connectivity index (χ0n) is 40.0. The van der Waals surface area contributed by atoms with Crippen molar-refractivity contribution in [3.8, 4) is 61.3 Å². The lowest BCUT2D eigenvalue weighted by molar-refractivity contribution is 0.793. The van der Waals surface area contributed by atoms with Crippen LogP contribution >= 0.6 is 0 Å². The molecule has 0 unspecified atom stereocenters. The summed E-state index contributed by atoms with van der Waals surface area (Å²) in [5, 5.41) is 4.90. The molecule has 2 aliphatic carbocycles. The van der Waals surface area contributed by atoms with Gasteiger partial charge in [0, 0.05) is 33.2 Å². The molecule has 0 aliphatic heterocycles. The van der Waals surface area contributed by atoms with Crippen LogP contribution in [0, 0.1) is 0 Å². The van der Waals surface area contributed by atoms with Crippen molar-refractivity contribution in [3.63, 3.8) is 0 Å². The normalized spacial score (nSPS) is 12.8. The van der Waals surface area contributed by atoms with Gasteiger partial charge in [0.25, 0.3) is 0 Å². The minimum absolute atomic E-state index is 0.470. The van der Waals surface area contributed by atoms with E-state index in [9.17, 15) is 0 Å². The molecule has 0 radical (unpaired) electrons. The molecule has 0 saturated carbocycles. The largest absolute Gasteiger partial charge is 0.310 e. The zero-order valence-corrected chi connectivity index (χ0v) is 40.0. The molecule has 0 fully saturated rings. The number of fused-ring (bicyclic) bond motifs is 14. The van der Waals surface area contributed by atoms with Crippen LogP contribution in [0.15, 0.2) is 279 Å². The first-order valence-electron chi connectivity index (χ1n) is 25.3. The van der Waals surface area contributed by atoms with Gasteiger partial charge in [0.1, 0.15) is 0 Å². The highest BCUT2D eigenvalue weighted by Crippen LogP contribution is 2.63. The van der Waals surface area contributed by atoms with Crippen LogP contribution in [-0.2, 0) is 5.41 Å². The Labute approximate surface area is 425 Å². The number of hydrogen-bond donors (Lipinski definition) is 0. The number of aromatic nitrogens is 1. The standard InChI is InChI=1S/C71H46N2/c1-3-19-47(20-4-1)55-40-42-69(61-31-8-7-27-56(55)61)72(54-38-39-60-59-30-11-15-35-66(59)71(67(60)46-54)64-33-13-9-28-57(64)58-29-10-14-34-65(58)71)53-26-18-23-50(44-53)48-21-17-22-49(43-48)51-37-41-70-63(45-51)62-32-12-16-36-68(62)73(70)52-24-5-2-6-25-52/h1-46H. The van der Waals surface area contributed by atoms with Crippen molar-refractivity contribution < 1.29 is 0 Å². The summed E-state index contributed by atoms with van der Waals surface area (Å²) >= 11 is 0. The van der Waals surface area contributed by atoms with Crippen LogP contribution in [0.1, 0.15) is 22.3 Å². The molecule has 2 heteroatoms. The molecule has 0 N–H and O–H groups in total. The van der Waals surface area contributed by atoms with Crippen molar-refractivity contribution in [2.75, 3.05) is 4.90 Å². The topological polar surface area (TPSA) is 8.17 Å². The van der Waals surface area contributed by atoms with Crippen molar-refractivity contribution >= 4 is 49.6 Å². The molecule has 1 spiro atoms. The van der Waals surface area contributed by atoms with Gasteiger partial charge in [-0.2, -0.15) is 0 Å². The minimum Gasteiger partial charge on any atom is -0.310 e. The maximum absolute atomic E-state index is 2.51. The molecule has 0 bridgehead atoms. The molecule has 1 heterocycles. The van der Waals surface area contributed by atoms with Crippen LogP contribution in [0.5, 0.6) is 0 Å². The van der Waals surface area contributed by atoms with E-state index in [4.69, 9.17) is 0 Å². The zero-order chi connectivity index (χ0) is 48.0. The fourth-order valence-corrected chi connectivity index (χ4v) is 12.7. The molecule has 12 aromatic carbocycles. The first-order valence-corrected chi connectivity index (χ1v) is 25.3. The highest BCUT2D eigenvalue weighted by molar-refractivity contribution is 6.11. The Balaban J connectivity index is 0.914. The van der Waals surface area contributed by atoms with Crippen LogP contribution in [0.3, 0.4) is 0 Å². The van der Waals surface area contributed by atoms with E-state index in [0.29, 0.717) is 0 Å². The lowest BCUT2D eigenvalue weighted by Crippen LogP contribution is -2.26. The molecule has 15 rings (SSSR count). The van der Waals surface area contributed by atoms with E-state index in [1.165, 1.54) is 99.3 Å². The summed E-state index contributed by atoms with van der Waals surface area (Å²) in [4.78, 5) is 2.50. The number of rotatable bonds is 7. The molecular formula is C71H46N2. The minimum atomic E-state index is -0.470. The fraction of sp³-hybridized carbons (Fsp3) is 0.0141. The SMILES string of the molecule is c1ccc(-c2ccc(N(c3cccc(-c4cccc(-c5ccc6c(c5)c5ccccc5n6-c5ccccc5)c4)c3)c3ccc4c(c3)C3(c5ccccc5-c5ccccc53)c3ccccc3-4)c3ccccc23)cc1. The summed E-state index contributed by atoms with van der Waals surface area (Å²) in [6.45, 7) is 0.